The van der Waals surface area contributed by atoms with Crippen molar-refractivity contribution >= 4 is 28.6 Å². The van der Waals surface area contributed by atoms with Crippen molar-refractivity contribution in [1.29, 1.82) is 0 Å². The van der Waals surface area contributed by atoms with Gasteiger partial charge < -0.3 is 4.90 Å². The van der Waals surface area contributed by atoms with Gasteiger partial charge in [0.1, 0.15) is 0 Å². The summed E-state index contributed by atoms with van der Waals surface area (Å²) in [5.41, 5.74) is 7.21. The second-order valence-electron chi connectivity index (χ2n) is 11.7. The van der Waals surface area contributed by atoms with Crippen LogP contribution >= 0.6 is 11.3 Å². The molecule has 0 radical (unpaired) electrons. The summed E-state index contributed by atoms with van der Waals surface area (Å²) in [6.07, 6.45) is 2.70. The average molecular weight is 460 g/mol. The third-order valence-electron chi connectivity index (χ3n) is 7.49. The molecule has 5 rings (SSSR count). The van der Waals surface area contributed by atoms with Gasteiger partial charge in [0.05, 0.1) is 5.92 Å². The van der Waals surface area contributed by atoms with Crippen molar-refractivity contribution in [2.75, 3.05) is 4.90 Å². The Bertz CT molecular complexity index is 1170. The van der Waals surface area contributed by atoms with Crippen molar-refractivity contribution in [2.24, 2.45) is 10.8 Å². The molecule has 0 bridgehead atoms. The van der Waals surface area contributed by atoms with Gasteiger partial charge in [0.25, 0.3) is 0 Å². The fourth-order valence-electron chi connectivity index (χ4n) is 5.88. The molecule has 3 nitrogen and oxygen atoms in total. The van der Waals surface area contributed by atoms with E-state index in [0.717, 1.165) is 45.9 Å². The molecule has 3 aliphatic rings. The topological polar surface area (TPSA) is 37.4 Å². The number of thiophene rings is 1. The van der Waals surface area contributed by atoms with E-state index in [1.807, 2.05) is 6.07 Å². The number of Topliss-reactive ketones (excluding diaryl/α,β-unsaturated/α-hetero) is 2. The Labute approximate surface area is 201 Å². The van der Waals surface area contributed by atoms with Crippen LogP contribution in [0.2, 0.25) is 0 Å². The Kier molecular flexibility index (Phi) is 5.09. The fourth-order valence-corrected chi connectivity index (χ4v) is 6.72. The van der Waals surface area contributed by atoms with Crippen LogP contribution in [0.3, 0.4) is 0 Å². The first-order chi connectivity index (χ1) is 15.5. The second kappa shape index (κ2) is 7.53. The van der Waals surface area contributed by atoms with Crippen LogP contribution in [0.15, 0.2) is 58.3 Å². The molecule has 0 amide bonds. The highest BCUT2D eigenvalue weighted by Crippen LogP contribution is 2.55. The number of anilines is 1. The maximum atomic E-state index is 13.7. The molecule has 0 N–H and O–H groups in total. The highest BCUT2D eigenvalue weighted by molar-refractivity contribution is 7.10. The molecule has 1 aromatic heterocycles. The van der Waals surface area contributed by atoms with E-state index in [-0.39, 0.29) is 28.3 Å². The van der Waals surface area contributed by atoms with Crippen LogP contribution in [-0.4, -0.2) is 11.6 Å². The van der Waals surface area contributed by atoms with Gasteiger partial charge in [-0.05, 0) is 72.2 Å². The molecule has 1 aliphatic heterocycles. The van der Waals surface area contributed by atoms with Crippen LogP contribution in [-0.2, 0) is 9.59 Å². The molecule has 4 heteroatoms. The third kappa shape index (κ3) is 3.73. The van der Waals surface area contributed by atoms with Gasteiger partial charge in [-0.1, -0.05) is 39.8 Å². The minimum Gasteiger partial charge on any atom is -0.317 e. The van der Waals surface area contributed by atoms with Crippen molar-refractivity contribution in [2.45, 2.75) is 73.1 Å². The summed E-state index contributed by atoms with van der Waals surface area (Å²) >= 11 is 1.65. The molecular weight excluding hydrogens is 426 g/mol. The lowest BCUT2D eigenvalue weighted by atomic mass is 9.64. The van der Waals surface area contributed by atoms with E-state index < -0.39 is 0 Å². The van der Waals surface area contributed by atoms with Gasteiger partial charge in [-0.2, -0.15) is 0 Å². The van der Waals surface area contributed by atoms with Crippen molar-refractivity contribution < 1.29 is 9.59 Å². The molecule has 0 saturated carbocycles. The number of hydrogen-bond acceptors (Lipinski definition) is 4. The molecule has 33 heavy (non-hydrogen) atoms. The first kappa shape index (κ1) is 22.3. The smallest absolute Gasteiger partial charge is 0.162 e. The number of aryl methyl sites for hydroxylation is 2. The van der Waals surface area contributed by atoms with Crippen molar-refractivity contribution in [3.63, 3.8) is 0 Å². The number of benzene rings is 1. The molecule has 172 valence electrons. The molecule has 2 heterocycles. The van der Waals surface area contributed by atoms with Crippen LogP contribution in [0.1, 0.15) is 75.3 Å². The first-order valence-corrected chi connectivity index (χ1v) is 12.8. The molecule has 0 atom stereocenters. The summed E-state index contributed by atoms with van der Waals surface area (Å²) in [6, 6.07) is 10.7. The molecular formula is C29H33NO2S. The van der Waals surface area contributed by atoms with Crippen LogP contribution in [0, 0.1) is 24.7 Å². The number of rotatable bonds is 2. The molecule has 2 aromatic rings. The van der Waals surface area contributed by atoms with Gasteiger partial charge in [-0.25, -0.2) is 0 Å². The number of hydrogen-bond donors (Lipinski definition) is 0. The summed E-state index contributed by atoms with van der Waals surface area (Å²) in [7, 11) is 0. The van der Waals surface area contributed by atoms with Crippen molar-refractivity contribution in [3.8, 4) is 0 Å². The third-order valence-corrected chi connectivity index (χ3v) is 8.42. The largest absolute Gasteiger partial charge is 0.317 e. The van der Waals surface area contributed by atoms with Crippen LogP contribution in [0.25, 0.3) is 0 Å². The zero-order valence-electron chi connectivity index (χ0n) is 20.5. The maximum absolute atomic E-state index is 13.7. The minimum atomic E-state index is -0.231. The monoisotopic (exact) mass is 459 g/mol. The van der Waals surface area contributed by atoms with E-state index in [1.165, 1.54) is 11.1 Å². The highest BCUT2D eigenvalue weighted by atomic mass is 32.1. The maximum Gasteiger partial charge on any atom is 0.162 e. The van der Waals surface area contributed by atoms with E-state index in [9.17, 15) is 9.59 Å². The van der Waals surface area contributed by atoms with Crippen molar-refractivity contribution in [3.05, 3.63) is 74.3 Å². The van der Waals surface area contributed by atoms with Gasteiger partial charge >= 0.3 is 0 Å². The zero-order valence-corrected chi connectivity index (χ0v) is 21.4. The van der Waals surface area contributed by atoms with E-state index >= 15 is 0 Å². The Hall–Kier alpha value is -2.46. The molecule has 0 fully saturated rings. The SMILES string of the molecule is Cc1ccc(N2C3=C(C(=O)CC(C)(C)C3)C(c3cccs3)C3=C2CC(C)(C)CC3=O)cc1C. The van der Waals surface area contributed by atoms with Gasteiger partial charge in [0.2, 0.25) is 0 Å². The standard InChI is InChI=1S/C29H33NO2S/c1-17-9-10-19(12-18(17)2)30-20-13-28(3,4)15-22(31)25(20)27(24-8-7-11-33-24)26-21(30)14-29(5,6)16-23(26)32/h7-12,27H,13-16H2,1-6H3. The van der Waals surface area contributed by atoms with Crippen LogP contribution in [0.5, 0.6) is 0 Å². The number of carbonyl (C=O) groups excluding carboxylic acids is 2. The minimum absolute atomic E-state index is 0.111. The quantitative estimate of drug-likeness (QED) is 0.474. The lowest BCUT2D eigenvalue weighted by molar-refractivity contribution is -0.119. The number of nitrogens with zero attached hydrogens (tertiary/aromatic N) is 1. The predicted molar refractivity (Wildman–Crippen MR) is 136 cm³/mol. The Morgan fingerprint density at radius 1 is 0.818 bits per heavy atom. The van der Waals surface area contributed by atoms with E-state index in [4.69, 9.17) is 0 Å². The second-order valence-corrected chi connectivity index (χ2v) is 12.6. The molecule has 0 unspecified atom stereocenters. The predicted octanol–water partition coefficient (Wildman–Crippen LogP) is 7.26. The molecule has 0 saturated heterocycles. The lowest BCUT2D eigenvalue weighted by Gasteiger charge is -2.48. The Balaban J connectivity index is 1.83. The number of ketones is 2. The van der Waals surface area contributed by atoms with Gasteiger partial charge in [0, 0.05) is 45.9 Å². The highest BCUT2D eigenvalue weighted by Gasteiger charge is 2.49. The molecule has 1 aromatic carbocycles. The summed E-state index contributed by atoms with van der Waals surface area (Å²) in [5.74, 6) is 0.153. The van der Waals surface area contributed by atoms with Crippen molar-refractivity contribution in [1.82, 2.24) is 0 Å². The lowest BCUT2D eigenvalue weighted by Crippen LogP contribution is -2.44. The molecule has 0 spiro atoms. The van der Waals surface area contributed by atoms with Crippen LogP contribution < -0.4 is 4.90 Å². The Morgan fingerprint density at radius 2 is 1.39 bits per heavy atom. The Morgan fingerprint density at radius 3 is 1.88 bits per heavy atom. The summed E-state index contributed by atoms with van der Waals surface area (Å²) in [6.45, 7) is 13.0. The van der Waals surface area contributed by atoms with E-state index in [1.54, 1.807) is 11.3 Å². The summed E-state index contributed by atoms with van der Waals surface area (Å²) in [5, 5.41) is 2.06. The van der Waals surface area contributed by atoms with E-state index in [0.29, 0.717) is 12.8 Å². The van der Waals surface area contributed by atoms with Gasteiger partial charge in [-0.15, -0.1) is 11.3 Å². The summed E-state index contributed by atoms with van der Waals surface area (Å²) < 4.78 is 0. The van der Waals surface area contributed by atoms with Gasteiger partial charge in [-0.3, -0.25) is 9.59 Å². The first-order valence-electron chi connectivity index (χ1n) is 11.9. The number of carbonyl (C=O) groups is 2. The van der Waals surface area contributed by atoms with Gasteiger partial charge in [0.15, 0.2) is 11.6 Å². The average Bonchev–Trinajstić information content (AvgIpc) is 3.21. The molecule has 2 aliphatic carbocycles. The normalized spacial score (nSPS) is 22.5. The summed E-state index contributed by atoms with van der Waals surface area (Å²) in [4.78, 5) is 30.9. The fraction of sp³-hybridized carbons (Fsp3) is 0.448. The number of allylic oxidation sites excluding steroid dienone is 4. The van der Waals surface area contributed by atoms with Crippen LogP contribution in [0.4, 0.5) is 5.69 Å². The zero-order chi connectivity index (χ0) is 23.7. The van der Waals surface area contributed by atoms with E-state index in [2.05, 4.69) is 76.1 Å².